The molecule has 0 bridgehead atoms. The first-order valence-electron chi connectivity index (χ1n) is 7.31. The van der Waals surface area contributed by atoms with Gasteiger partial charge in [-0.15, -0.1) is 0 Å². The molecule has 2 nitrogen and oxygen atoms in total. The summed E-state index contributed by atoms with van der Waals surface area (Å²) >= 11 is 6.28. The van der Waals surface area contributed by atoms with Crippen molar-refractivity contribution in [1.82, 2.24) is 0 Å². The van der Waals surface area contributed by atoms with Gasteiger partial charge >= 0.3 is 0 Å². The molecule has 3 atom stereocenters. The van der Waals surface area contributed by atoms with Crippen LogP contribution in [0.5, 0.6) is 5.75 Å². The van der Waals surface area contributed by atoms with Crippen molar-refractivity contribution in [3.63, 3.8) is 0 Å². The van der Waals surface area contributed by atoms with Crippen LogP contribution in [0, 0.1) is 5.92 Å². The summed E-state index contributed by atoms with van der Waals surface area (Å²) in [6.45, 7) is 4.22. The number of hydrogen-bond donors (Lipinski definition) is 1. The second-order valence-electron chi connectivity index (χ2n) is 5.66. The molecule has 1 saturated carbocycles. The third-order valence-corrected chi connectivity index (χ3v) is 4.38. The lowest BCUT2D eigenvalue weighted by Gasteiger charge is -2.29. The van der Waals surface area contributed by atoms with Crippen LogP contribution in [0.15, 0.2) is 18.2 Å². The molecule has 0 aliphatic heterocycles. The molecule has 1 aliphatic rings. The first kappa shape index (κ1) is 14.7. The van der Waals surface area contributed by atoms with Crippen molar-refractivity contribution < 1.29 is 4.74 Å². The van der Waals surface area contributed by atoms with Crippen LogP contribution in [0.2, 0.25) is 5.02 Å². The quantitative estimate of drug-likeness (QED) is 0.868. The summed E-state index contributed by atoms with van der Waals surface area (Å²) in [5.74, 6) is 1.61. The molecule has 3 unspecified atom stereocenters. The van der Waals surface area contributed by atoms with Crippen LogP contribution in [0.25, 0.3) is 0 Å². The normalized spacial score (nSPS) is 25.1. The van der Waals surface area contributed by atoms with Crippen LogP contribution < -0.4 is 10.5 Å². The molecule has 0 spiro atoms. The van der Waals surface area contributed by atoms with E-state index >= 15 is 0 Å². The second kappa shape index (κ2) is 6.62. The van der Waals surface area contributed by atoms with Gasteiger partial charge in [-0.1, -0.05) is 37.4 Å². The highest BCUT2D eigenvalue weighted by Crippen LogP contribution is 2.33. The van der Waals surface area contributed by atoms with Gasteiger partial charge in [-0.2, -0.15) is 0 Å². The van der Waals surface area contributed by atoms with Gasteiger partial charge in [-0.05, 0) is 49.8 Å². The first-order chi connectivity index (χ1) is 9.10. The fourth-order valence-electron chi connectivity index (χ4n) is 2.79. The molecule has 0 saturated heterocycles. The Morgan fingerprint density at radius 3 is 2.84 bits per heavy atom. The minimum atomic E-state index is 0.00528. The number of hydrogen-bond acceptors (Lipinski definition) is 2. The summed E-state index contributed by atoms with van der Waals surface area (Å²) in [6.07, 6.45) is 6.46. The molecule has 1 fully saturated rings. The van der Waals surface area contributed by atoms with E-state index in [1.807, 2.05) is 25.1 Å². The van der Waals surface area contributed by atoms with Crippen LogP contribution in [0.4, 0.5) is 0 Å². The number of benzene rings is 1. The molecular formula is C16H24ClNO. The summed E-state index contributed by atoms with van der Waals surface area (Å²) in [6, 6.07) is 5.88. The Kier molecular flexibility index (Phi) is 5.12. The molecule has 106 valence electrons. The van der Waals surface area contributed by atoms with E-state index in [4.69, 9.17) is 22.1 Å². The van der Waals surface area contributed by atoms with Crippen LogP contribution >= 0.6 is 11.6 Å². The molecule has 2 rings (SSSR count). The molecule has 1 aliphatic carbocycles. The fraction of sp³-hybridized carbons (Fsp3) is 0.625. The summed E-state index contributed by atoms with van der Waals surface area (Å²) < 4.78 is 6.08. The van der Waals surface area contributed by atoms with Gasteiger partial charge in [0.05, 0.1) is 11.1 Å². The smallest absolute Gasteiger partial charge is 0.138 e. The minimum Gasteiger partial charge on any atom is -0.489 e. The van der Waals surface area contributed by atoms with E-state index in [1.165, 1.54) is 19.3 Å². The highest BCUT2D eigenvalue weighted by Gasteiger charge is 2.22. The van der Waals surface area contributed by atoms with Gasteiger partial charge in [-0.25, -0.2) is 0 Å². The van der Waals surface area contributed by atoms with Gasteiger partial charge in [0.1, 0.15) is 5.75 Å². The zero-order valence-corrected chi connectivity index (χ0v) is 12.6. The largest absolute Gasteiger partial charge is 0.489 e. The average Bonchev–Trinajstić information content (AvgIpc) is 2.41. The Labute approximate surface area is 121 Å². The van der Waals surface area contributed by atoms with Crippen LogP contribution in [0.3, 0.4) is 0 Å². The molecular weight excluding hydrogens is 258 g/mol. The molecule has 0 heterocycles. The zero-order chi connectivity index (χ0) is 13.8. The van der Waals surface area contributed by atoms with Crippen molar-refractivity contribution >= 4 is 11.6 Å². The SMILES string of the molecule is CCC1CCCC(Oc2ccc(C(C)N)cc2Cl)C1. The number of rotatable bonds is 4. The van der Waals surface area contributed by atoms with E-state index in [0.717, 1.165) is 30.1 Å². The van der Waals surface area contributed by atoms with E-state index in [-0.39, 0.29) is 6.04 Å². The highest BCUT2D eigenvalue weighted by molar-refractivity contribution is 6.32. The van der Waals surface area contributed by atoms with Crippen LogP contribution in [0.1, 0.15) is 57.6 Å². The molecule has 2 N–H and O–H groups in total. The van der Waals surface area contributed by atoms with Crippen molar-refractivity contribution in [3.05, 3.63) is 28.8 Å². The topological polar surface area (TPSA) is 35.2 Å². The minimum absolute atomic E-state index is 0.00528. The Hall–Kier alpha value is -0.730. The average molecular weight is 282 g/mol. The number of nitrogens with two attached hydrogens (primary N) is 1. The summed E-state index contributed by atoms with van der Waals surface area (Å²) in [4.78, 5) is 0. The summed E-state index contributed by atoms with van der Waals surface area (Å²) in [7, 11) is 0. The maximum atomic E-state index is 6.28. The van der Waals surface area contributed by atoms with Gasteiger partial charge in [0.2, 0.25) is 0 Å². The highest BCUT2D eigenvalue weighted by atomic mass is 35.5. The van der Waals surface area contributed by atoms with Crippen molar-refractivity contribution in [1.29, 1.82) is 0 Å². The van der Waals surface area contributed by atoms with E-state index in [2.05, 4.69) is 6.92 Å². The van der Waals surface area contributed by atoms with Crippen molar-refractivity contribution in [2.24, 2.45) is 11.7 Å². The van der Waals surface area contributed by atoms with Gasteiger partial charge in [0.25, 0.3) is 0 Å². The zero-order valence-electron chi connectivity index (χ0n) is 11.9. The maximum Gasteiger partial charge on any atom is 0.138 e. The Morgan fingerprint density at radius 1 is 1.42 bits per heavy atom. The van der Waals surface area contributed by atoms with Crippen molar-refractivity contribution in [2.75, 3.05) is 0 Å². The molecule has 3 heteroatoms. The summed E-state index contributed by atoms with van der Waals surface area (Å²) in [5, 5.41) is 0.674. The Bertz CT molecular complexity index is 419. The monoisotopic (exact) mass is 281 g/mol. The molecule has 0 radical (unpaired) electrons. The molecule has 0 amide bonds. The maximum absolute atomic E-state index is 6.28. The second-order valence-corrected chi connectivity index (χ2v) is 6.07. The summed E-state index contributed by atoms with van der Waals surface area (Å²) in [5.41, 5.74) is 6.90. The van der Waals surface area contributed by atoms with Crippen LogP contribution in [-0.2, 0) is 0 Å². The lowest BCUT2D eigenvalue weighted by Crippen LogP contribution is -2.25. The lowest BCUT2D eigenvalue weighted by atomic mass is 9.85. The third kappa shape index (κ3) is 3.87. The van der Waals surface area contributed by atoms with Gasteiger partial charge in [0, 0.05) is 6.04 Å². The number of ether oxygens (including phenoxy) is 1. The number of halogens is 1. The first-order valence-corrected chi connectivity index (χ1v) is 7.69. The predicted molar refractivity (Wildman–Crippen MR) is 80.7 cm³/mol. The Balaban J connectivity index is 2.02. The Morgan fingerprint density at radius 2 is 2.21 bits per heavy atom. The predicted octanol–water partition coefficient (Wildman–Crippen LogP) is 4.71. The molecule has 1 aromatic rings. The van der Waals surface area contributed by atoms with Crippen molar-refractivity contribution in [3.8, 4) is 5.75 Å². The van der Waals surface area contributed by atoms with Crippen LogP contribution in [-0.4, -0.2) is 6.10 Å². The van der Waals surface area contributed by atoms with Crippen molar-refractivity contribution in [2.45, 2.75) is 58.1 Å². The van der Waals surface area contributed by atoms with E-state index < -0.39 is 0 Å². The molecule has 1 aromatic carbocycles. The third-order valence-electron chi connectivity index (χ3n) is 4.09. The van der Waals surface area contributed by atoms with E-state index in [9.17, 15) is 0 Å². The van der Waals surface area contributed by atoms with E-state index in [0.29, 0.717) is 11.1 Å². The van der Waals surface area contributed by atoms with E-state index in [1.54, 1.807) is 0 Å². The molecule has 0 aromatic heterocycles. The van der Waals surface area contributed by atoms with Gasteiger partial charge < -0.3 is 10.5 Å². The lowest BCUT2D eigenvalue weighted by molar-refractivity contribution is 0.122. The standard InChI is InChI=1S/C16H24ClNO/c1-3-12-5-4-6-14(9-12)19-16-8-7-13(11(2)18)10-15(16)17/h7-8,10-12,14H,3-6,9,18H2,1-2H3. The fourth-order valence-corrected chi connectivity index (χ4v) is 3.03. The molecule has 19 heavy (non-hydrogen) atoms. The van der Waals surface area contributed by atoms with Gasteiger partial charge in [-0.3, -0.25) is 0 Å². The van der Waals surface area contributed by atoms with Gasteiger partial charge in [0.15, 0.2) is 0 Å².